The molecule has 0 aromatic rings. The van der Waals surface area contributed by atoms with Crippen molar-refractivity contribution < 1.29 is 4.79 Å². The minimum absolute atomic E-state index is 0.111. The van der Waals surface area contributed by atoms with Gasteiger partial charge in [0.1, 0.15) is 0 Å². The number of hydrogen-bond acceptors (Lipinski definition) is 1. The van der Waals surface area contributed by atoms with Gasteiger partial charge in [-0.3, -0.25) is 4.79 Å². The van der Waals surface area contributed by atoms with Crippen LogP contribution < -0.4 is 5.32 Å². The van der Waals surface area contributed by atoms with E-state index < -0.39 is 0 Å². The molecule has 0 saturated heterocycles. The summed E-state index contributed by atoms with van der Waals surface area (Å²) in [6, 6.07) is 0. The quantitative estimate of drug-likeness (QED) is 0.579. The van der Waals surface area contributed by atoms with Crippen LogP contribution in [0.1, 0.15) is 39.0 Å². The van der Waals surface area contributed by atoms with E-state index in [2.05, 4.69) is 12.2 Å². The predicted octanol–water partition coefficient (Wildman–Crippen LogP) is 1.46. The third-order valence-corrected chi connectivity index (χ3v) is 2.36. The first-order valence-corrected chi connectivity index (χ1v) is 3.98. The minimum Gasteiger partial charge on any atom is -0.354 e. The van der Waals surface area contributed by atoms with Crippen LogP contribution >= 0.6 is 0 Å². The Labute approximate surface area is 62.0 Å². The lowest BCUT2D eigenvalue weighted by Gasteiger charge is -2.32. The summed E-state index contributed by atoms with van der Waals surface area (Å²) in [4.78, 5) is 10.2. The smallest absolute Gasteiger partial charge is 0.207 e. The fourth-order valence-electron chi connectivity index (χ4n) is 1.62. The molecule has 1 rings (SSSR count). The SMILES string of the molecule is CC1(NC=O)CCCCC1. The Morgan fingerprint density at radius 3 is 2.40 bits per heavy atom. The molecule has 0 aromatic heterocycles. The van der Waals surface area contributed by atoms with Crippen molar-refractivity contribution in [1.29, 1.82) is 0 Å². The van der Waals surface area contributed by atoms with E-state index in [0.717, 1.165) is 19.3 Å². The largest absolute Gasteiger partial charge is 0.354 e. The first-order valence-electron chi connectivity index (χ1n) is 3.98. The fraction of sp³-hybridized carbons (Fsp3) is 0.875. The molecule has 0 bridgehead atoms. The molecule has 1 amide bonds. The highest BCUT2D eigenvalue weighted by atomic mass is 16.1. The zero-order valence-electron chi connectivity index (χ0n) is 6.52. The van der Waals surface area contributed by atoms with E-state index in [0.29, 0.717) is 0 Å². The summed E-state index contributed by atoms with van der Waals surface area (Å²) in [7, 11) is 0. The summed E-state index contributed by atoms with van der Waals surface area (Å²) in [6.07, 6.45) is 6.97. The molecule has 1 saturated carbocycles. The van der Waals surface area contributed by atoms with Gasteiger partial charge in [0.15, 0.2) is 0 Å². The maximum atomic E-state index is 10.2. The van der Waals surface area contributed by atoms with Crippen molar-refractivity contribution in [2.45, 2.75) is 44.6 Å². The van der Waals surface area contributed by atoms with Crippen LogP contribution in [0, 0.1) is 0 Å². The molecule has 1 fully saturated rings. The summed E-state index contributed by atoms with van der Waals surface area (Å²) >= 11 is 0. The molecule has 1 N–H and O–H groups in total. The van der Waals surface area contributed by atoms with Gasteiger partial charge in [-0.05, 0) is 19.8 Å². The Morgan fingerprint density at radius 2 is 1.90 bits per heavy atom. The highest BCUT2D eigenvalue weighted by Crippen LogP contribution is 2.26. The summed E-state index contributed by atoms with van der Waals surface area (Å²) < 4.78 is 0. The number of nitrogens with one attached hydrogen (secondary N) is 1. The molecule has 0 aliphatic heterocycles. The summed E-state index contributed by atoms with van der Waals surface area (Å²) in [5.41, 5.74) is 0.111. The Morgan fingerprint density at radius 1 is 1.30 bits per heavy atom. The van der Waals surface area contributed by atoms with E-state index in [1.807, 2.05) is 0 Å². The molecular weight excluding hydrogens is 126 g/mol. The second kappa shape index (κ2) is 3.04. The third-order valence-electron chi connectivity index (χ3n) is 2.36. The van der Waals surface area contributed by atoms with Gasteiger partial charge in [0.2, 0.25) is 6.41 Å². The Hall–Kier alpha value is -0.530. The Kier molecular flexibility index (Phi) is 2.30. The predicted molar refractivity (Wildman–Crippen MR) is 40.7 cm³/mol. The molecule has 0 unspecified atom stereocenters. The molecular formula is C8H15NO. The van der Waals surface area contributed by atoms with Crippen molar-refractivity contribution >= 4 is 6.41 Å². The van der Waals surface area contributed by atoms with E-state index in [9.17, 15) is 4.79 Å². The molecule has 1 aliphatic rings. The van der Waals surface area contributed by atoms with Gasteiger partial charge in [-0.25, -0.2) is 0 Å². The minimum atomic E-state index is 0.111. The second-order valence-electron chi connectivity index (χ2n) is 3.38. The number of rotatable bonds is 2. The molecule has 0 spiro atoms. The van der Waals surface area contributed by atoms with Crippen LogP contribution in [0.25, 0.3) is 0 Å². The monoisotopic (exact) mass is 141 g/mol. The lowest BCUT2D eigenvalue weighted by Crippen LogP contribution is -2.42. The molecule has 58 valence electrons. The molecule has 0 aromatic carbocycles. The highest BCUT2D eigenvalue weighted by molar-refractivity contribution is 5.47. The van der Waals surface area contributed by atoms with Crippen LogP contribution in [0.4, 0.5) is 0 Å². The number of carbonyl (C=O) groups is 1. The second-order valence-corrected chi connectivity index (χ2v) is 3.38. The van der Waals surface area contributed by atoms with Gasteiger partial charge in [-0.1, -0.05) is 19.3 Å². The molecule has 0 atom stereocenters. The van der Waals surface area contributed by atoms with E-state index in [1.165, 1.54) is 19.3 Å². The van der Waals surface area contributed by atoms with Crippen LogP contribution in [0.5, 0.6) is 0 Å². The topological polar surface area (TPSA) is 29.1 Å². The average molecular weight is 141 g/mol. The molecule has 10 heavy (non-hydrogen) atoms. The molecule has 2 heteroatoms. The summed E-state index contributed by atoms with van der Waals surface area (Å²) in [6.45, 7) is 2.13. The number of amides is 1. The van der Waals surface area contributed by atoms with Gasteiger partial charge in [0.25, 0.3) is 0 Å². The van der Waals surface area contributed by atoms with Crippen molar-refractivity contribution in [3.05, 3.63) is 0 Å². The molecule has 1 aliphatic carbocycles. The Bertz CT molecular complexity index is 116. The van der Waals surface area contributed by atoms with Crippen molar-refractivity contribution in [3.8, 4) is 0 Å². The van der Waals surface area contributed by atoms with E-state index in [1.54, 1.807) is 0 Å². The number of hydrogen-bond donors (Lipinski definition) is 1. The normalized spacial score (nSPS) is 23.7. The van der Waals surface area contributed by atoms with Gasteiger partial charge in [-0.2, -0.15) is 0 Å². The van der Waals surface area contributed by atoms with Gasteiger partial charge in [0.05, 0.1) is 0 Å². The van der Waals surface area contributed by atoms with Crippen molar-refractivity contribution in [3.63, 3.8) is 0 Å². The Balaban J connectivity index is 2.39. The van der Waals surface area contributed by atoms with Crippen LogP contribution in [0.15, 0.2) is 0 Å². The van der Waals surface area contributed by atoms with Crippen LogP contribution in [0.3, 0.4) is 0 Å². The standard InChI is InChI=1S/C8H15NO/c1-8(9-7-10)5-3-2-4-6-8/h7H,2-6H2,1H3,(H,9,10). The molecule has 0 heterocycles. The van der Waals surface area contributed by atoms with E-state index in [4.69, 9.17) is 0 Å². The van der Waals surface area contributed by atoms with Crippen LogP contribution in [-0.2, 0) is 4.79 Å². The van der Waals surface area contributed by atoms with Crippen molar-refractivity contribution in [2.24, 2.45) is 0 Å². The highest BCUT2D eigenvalue weighted by Gasteiger charge is 2.25. The van der Waals surface area contributed by atoms with E-state index in [-0.39, 0.29) is 5.54 Å². The van der Waals surface area contributed by atoms with Gasteiger partial charge in [-0.15, -0.1) is 0 Å². The molecule has 2 nitrogen and oxygen atoms in total. The maximum Gasteiger partial charge on any atom is 0.207 e. The van der Waals surface area contributed by atoms with Crippen molar-refractivity contribution in [2.75, 3.05) is 0 Å². The lowest BCUT2D eigenvalue weighted by atomic mass is 9.84. The third kappa shape index (κ3) is 1.72. The fourth-order valence-corrected chi connectivity index (χ4v) is 1.62. The lowest BCUT2D eigenvalue weighted by molar-refractivity contribution is -0.111. The first-order chi connectivity index (χ1) is 4.77. The zero-order chi connectivity index (χ0) is 7.45. The van der Waals surface area contributed by atoms with Crippen molar-refractivity contribution in [1.82, 2.24) is 5.32 Å². The van der Waals surface area contributed by atoms with Crippen LogP contribution in [0.2, 0.25) is 0 Å². The number of carbonyl (C=O) groups excluding carboxylic acids is 1. The maximum absolute atomic E-state index is 10.2. The average Bonchev–Trinajstić information content (AvgIpc) is 1.89. The molecule has 0 radical (unpaired) electrons. The van der Waals surface area contributed by atoms with Crippen LogP contribution in [-0.4, -0.2) is 11.9 Å². The zero-order valence-corrected chi connectivity index (χ0v) is 6.52. The van der Waals surface area contributed by atoms with Gasteiger partial charge < -0.3 is 5.32 Å². The summed E-state index contributed by atoms with van der Waals surface area (Å²) in [5, 5.41) is 2.88. The van der Waals surface area contributed by atoms with Gasteiger partial charge in [0, 0.05) is 5.54 Å². The van der Waals surface area contributed by atoms with E-state index >= 15 is 0 Å². The first kappa shape index (κ1) is 7.58. The summed E-state index contributed by atoms with van der Waals surface area (Å²) in [5.74, 6) is 0. The van der Waals surface area contributed by atoms with Gasteiger partial charge >= 0.3 is 0 Å².